The molecule has 4 heteroatoms. The van der Waals surface area contributed by atoms with Crippen LogP contribution in [0.15, 0.2) is 24.3 Å². The van der Waals surface area contributed by atoms with E-state index in [-0.39, 0.29) is 6.61 Å². The van der Waals surface area contributed by atoms with Crippen molar-refractivity contribution in [1.29, 1.82) is 0 Å². The summed E-state index contributed by atoms with van der Waals surface area (Å²) in [6, 6.07) is 7.38. The van der Waals surface area contributed by atoms with Crippen LogP contribution >= 0.6 is 0 Å². The van der Waals surface area contributed by atoms with Crippen molar-refractivity contribution in [1.82, 2.24) is 4.90 Å². The standard InChI is InChI=1S/C17H28N2O2/c1-17(2,3)13-8-9-19(10-13)11-14(20)12-21-16-7-5-4-6-15(16)18/h4-7,13-14,20H,8-12,18H2,1-3H3. The summed E-state index contributed by atoms with van der Waals surface area (Å²) in [5.41, 5.74) is 6.77. The van der Waals surface area contributed by atoms with Gasteiger partial charge in [0.2, 0.25) is 0 Å². The number of nitrogens with zero attached hydrogens (tertiary/aromatic N) is 1. The van der Waals surface area contributed by atoms with Crippen LogP contribution in [0.2, 0.25) is 0 Å². The Morgan fingerprint density at radius 2 is 2.10 bits per heavy atom. The molecule has 1 fully saturated rings. The number of rotatable bonds is 5. The summed E-state index contributed by atoms with van der Waals surface area (Å²) in [5, 5.41) is 10.1. The van der Waals surface area contributed by atoms with Gasteiger partial charge in [0.25, 0.3) is 0 Å². The fourth-order valence-electron chi connectivity index (χ4n) is 2.85. The van der Waals surface area contributed by atoms with Crippen LogP contribution in [0.4, 0.5) is 5.69 Å². The summed E-state index contributed by atoms with van der Waals surface area (Å²) < 4.78 is 5.60. The second kappa shape index (κ2) is 6.67. The van der Waals surface area contributed by atoms with Crippen molar-refractivity contribution in [3.05, 3.63) is 24.3 Å². The lowest BCUT2D eigenvalue weighted by molar-refractivity contribution is 0.0727. The Bertz CT molecular complexity index is 456. The number of likely N-dealkylation sites (tertiary alicyclic amines) is 1. The average molecular weight is 292 g/mol. The molecule has 0 amide bonds. The molecule has 1 heterocycles. The van der Waals surface area contributed by atoms with Gasteiger partial charge in [-0.2, -0.15) is 0 Å². The maximum absolute atomic E-state index is 10.1. The quantitative estimate of drug-likeness (QED) is 0.818. The normalized spacial score (nSPS) is 21.4. The largest absolute Gasteiger partial charge is 0.489 e. The predicted molar refractivity (Wildman–Crippen MR) is 86.4 cm³/mol. The summed E-state index contributed by atoms with van der Waals surface area (Å²) in [6.07, 6.45) is 0.728. The second-order valence-electron chi connectivity index (χ2n) is 7.11. The molecule has 3 N–H and O–H groups in total. The fraction of sp³-hybridized carbons (Fsp3) is 0.647. The van der Waals surface area contributed by atoms with Crippen molar-refractivity contribution in [2.45, 2.75) is 33.3 Å². The molecule has 0 saturated carbocycles. The first-order valence-corrected chi connectivity index (χ1v) is 7.74. The molecular weight excluding hydrogens is 264 g/mol. The van der Waals surface area contributed by atoms with Crippen LogP contribution in [0.1, 0.15) is 27.2 Å². The summed E-state index contributed by atoms with van der Waals surface area (Å²) in [7, 11) is 0. The highest BCUT2D eigenvalue weighted by Crippen LogP contribution is 2.33. The van der Waals surface area contributed by atoms with E-state index < -0.39 is 6.10 Å². The number of hydrogen-bond donors (Lipinski definition) is 2. The lowest BCUT2D eigenvalue weighted by Crippen LogP contribution is -2.35. The van der Waals surface area contributed by atoms with Crippen LogP contribution < -0.4 is 10.5 Å². The molecule has 0 spiro atoms. The highest BCUT2D eigenvalue weighted by molar-refractivity contribution is 5.51. The Morgan fingerprint density at radius 1 is 1.38 bits per heavy atom. The molecule has 2 atom stereocenters. The Morgan fingerprint density at radius 3 is 2.71 bits per heavy atom. The highest BCUT2D eigenvalue weighted by Gasteiger charge is 2.32. The van der Waals surface area contributed by atoms with Gasteiger partial charge in [-0.15, -0.1) is 0 Å². The molecule has 118 valence electrons. The van der Waals surface area contributed by atoms with Gasteiger partial charge in [-0.1, -0.05) is 32.9 Å². The number of hydrogen-bond acceptors (Lipinski definition) is 4. The maximum atomic E-state index is 10.1. The number of aliphatic hydroxyl groups is 1. The predicted octanol–water partition coefficient (Wildman–Crippen LogP) is 2.38. The number of nitrogens with two attached hydrogens (primary N) is 1. The third kappa shape index (κ3) is 4.61. The first-order chi connectivity index (χ1) is 9.86. The Kier molecular flexibility index (Phi) is 5.12. The average Bonchev–Trinajstić information content (AvgIpc) is 2.86. The number of anilines is 1. The van der Waals surface area contributed by atoms with Gasteiger partial charge in [-0.25, -0.2) is 0 Å². The number of benzene rings is 1. The van der Waals surface area contributed by atoms with Gasteiger partial charge in [0.1, 0.15) is 18.5 Å². The molecule has 4 nitrogen and oxygen atoms in total. The molecule has 21 heavy (non-hydrogen) atoms. The van der Waals surface area contributed by atoms with Crippen LogP contribution in [0.5, 0.6) is 5.75 Å². The second-order valence-corrected chi connectivity index (χ2v) is 7.11. The van der Waals surface area contributed by atoms with Gasteiger partial charge in [0, 0.05) is 13.1 Å². The van der Waals surface area contributed by atoms with Crippen molar-refractivity contribution < 1.29 is 9.84 Å². The Balaban J connectivity index is 1.76. The third-order valence-electron chi connectivity index (χ3n) is 4.32. The van der Waals surface area contributed by atoms with E-state index in [9.17, 15) is 5.11 Å². The molecule has 1 aromatic rings. The van der Waals surface area contributed by atoms with E-state index in [1.807, 2.05) is 18.2 Å². The van der Waals surface area contributed by atoms with Crippen molar-refractivity contribution in [2.75, 3.05) is 32.0 Å². The van der Waals surface area contributed by atoms with Crippen LogP contribution in [0.25, 0.3) is 0 Å². The number of β-amino-alcohol motifs (C(OH)–C–C–N with tert-alkyl or cyclic N) is 1. The first-order valence-electron chi connectivity index (χ1n) is 7.74. The van der Waals surface area contributed by atoms with Gasteiger partial charge in [-0.3, -0.25) is 0 Å². The first kappa shape index (κ1) is 16.1. The van der Waals surface area contributed by atoms with Gasteiger partial charge >= 0.3 is 0 Å². The number of aliphatic hydroxyl groups excluding tert-OH is 1. The summed E-state index contributed by atoms with van der Waals surface area (Å²) in [5.74, 6) is 1.35. The van der Waals surface area contributed by atoms with E-state index in [4.69, 9.17) is 10.5 Å². The minimum absolute atomic E-state index is 0.283. The minimum Gasteiger partial charge on any atom is -0.489 e. The SMILES string of the molecule is CC(C)(C)C1CCN(CC(O)COc2ccccc2N)C1. The molecular formula is C17H28N2O2. The zero-order valence-corrected chi connectivity index (χ0v) is 13.4. The van der Waals surface area contributed by atoms with Crippen LogP contribution in [0, 0.1) is 11.3 Å². The van der Waals surface area contributed by atoms with Crippen molar-refractivity contribution in [3.63, 3.8) is 0 Å². The van der Waals surface area contributed by atoms with E-state index in [0.717, 1.165) is 13.1 Å². The smallest absolute Gasteiger partial charge is 0.142 e. The maximum Gasteiger partial charge on any atom is 0.142 e. The molecule has 1 aromatic carbocycles. The lowest BCUT2D eigenvalue weighted by Gasteiger charge is -2.27. The molecule has 0 aromatic heterocycles. The number of nitrogen functional groups attached to an aromatic ring is 1. The zero-order chi connectivity index (χ0) is 15.5. The topological polar surface area (TPSA) is 58.7 Å². The van der Waals surface area contributed by atoms with Gasteiger partial charge in [-0.05, 0) is 36.4 Å². The lowest BCUT2D eigenvalue weighted by atomic mass is 9.80. The third-order valence-corrected chi connectivity index (χ3v) is 4.32. The van der Waals surface area contributed by atoms with E-state index in [1.54, 1.807) is 6.07 Å². The molecule has 1 aliphatic heterocycles. The molecule has 0 aliphatic carbocycles. The molecule has 2 unspecified atom stereocenters. The van der Waals surface area contributed by atoms with E-state index in [0.29, 0.717) is 29.3 Å². The minimum atomic E-state index is -0.483. The zero-order valence-electron chi connectivity index (χ0n) is 13.4. The van der Waals surface area contributed by atoms with E-state index in [2.05, 4.69) is 25.7 Å². The van der Waals surface area contributed by atoms with Crippen LogP contribution in [-0.2, 0) is 0 Å². The summed E-state index contributed by atoms with van der Waals surface area (Å²) in [4.78, 5) is 2.33. The van der Waals surface area contributed by atoms with E-state index >= 15 is 0 Å². The van der Waals surface area contributed by atoms with Gasteiger partial charge in [0.15, 0.2) is 0 Å². The van der Waals surface area contributed by atoms with Crippen molar-refractivity contribution >= 4 is 5.69 Å². The van der Waals surface area contributed by atoms with Crippen molar-refractivity contribution in [2.24, 2.45) is 11.3 Å². The fourth-order valence-corrected chi connectivity index (χ4v) is 2.85. The number of para-hydroxylation sites is 2. The summed E-state index contributed by atoms with van der Waals surface area (Å²) >= 11 is 0. The van der Waals surface area contributed by atoms with Gasteiger partial charge < -0.3 is 20.5 Å². The van der Waals surface area contributed by atoms with Crippen LogP contribution in [0.3, 0.4) is 0 Å². The van der Waals surface area contributed by atoms with E-state index in [1.165, 1.54) is 6.42 Å². The number of ether oxygens (including phenoxy) is 1. The Hall–Kier alpha value is -1.26. The molecule has 1 saturated heterocycles. The van der Waals surface area contributed by atoms with Crippen LogP contribution in [-0.4, -0.2) is 42.4 Å². The Labute approximate surface area is 127 Å². The van der Waals surface area contributed by atoms with Gasteiger partial charge in [0.05, 0.1) is 5.69 Å². The summed E-state index contributed by atoms with van der Waals surface area (Å²) in [6.45, 7) is 9.95. The molecule has 0 bridgehead atoms. The highest BCUT2D eigenvalue weighted by atomic mass is 16.5. The molecule has 0 radical (unpaired) electrons. The van der Waals surface area contributed by atoms with Crippen molar-refractivity contribution in [3.8, 4) is 5.75 Å². The molecule has 1 aliphatic rings. The molecule has 2 rings (SSSR count). The monoisotopic (exact) mass is 292 g/mol.